The number of hydrogen-bond donors (Lipinski definition) is 0. The number of aromatic nitrogens is 1. The smallest absolute Gasteiger partial charge is 0.165 e. The van der Waals surface area contributed by atoms with Gasteiger partial charge in [-0.05, 0) is 30.7 Å². The number of hydrogen-bond acceptors (Lipinski definition) is 3. The number of halogens is 1. The summed E-state index contributed by atoms with van der Waals surface area (Å²) in [6, 6.07) is 12.0. The molecule has 1 aromatic heterocycles. The van der Waals surface area contributed by atoms with Gasteiger partial charge in [0.1, 0.15) is 0 Å². The molecule has 0 aliphatic heterocycles. The van der Waals surface area contributed by atoms with Crippen LogP contribution in [0.15, 0.2) is 48.7 Å². The fourth-order valence-corrected chi connectivity index (χ4v) is 2.26. The quantitative estimate of drug-likeness (QED) is 0.582. The van der Waals surface area contributed by atoms with E-state index in [1.54, 1.807) is 24.4 Å². The molecule has 23 heavy (non-hydrogen) atoms. The molecular weight excluding hydrogens is 293 g/mol. The first-order chi connectivity index (χ1) is 11.3. The third kappa shape index (κ3) is 5.99. The van der Waals surface area contributed by atoms with Crippen LogP contribution >= 0.6 is 0 Å². The van der Waals surface area contributed by atoms with Crippen molar-refractivity contribution in [1.29, 1.82) is 0 Å². The fraction of sp³-hybridized carbons (Fsp3) is 0.421. The molecule has 2 aromatic rings. The van der Waals surface area contributed by atoms with Gasteiger partial charge in [0, 0.05) is 12.8 Å². The first-order valence-corrected chi connectivity index (χ1v) is 8.21. The SMILES string of the molecule is CCCCCCOCC(Oc1ccccc1F)c1ccccn1. The summed E-state index contributed by atoms with van der Waals surface area (Å²) in [4.78, 5) is 4.31. The van der Waals surface area contributed by atoms with Crippen LogP contribution in [-0.4, -0.2) is 18.2 Å². The molecule has 0 spiro atoms. The number of unbranched alkanes of at least 4 members (excludes halogenated alkanes) is 3. The number of pyridine rings is 1. The Labute approximate surface area is 137 Å². The summed E-state index contributed by atoms with van der Waals surface area (Å²) >= 11 is 0. The Morgan fingerprint density at radius 2 is 1.87 bits per heavy atom. The predicted octanol–water partition coefficient (Wildman–Crippen LogP) is 4.94. The number of ether oxygens (including phenoxy) is 2. The average molecular weight is 317 g/mol. The monoisotopic (exact) mass is 317 g/mol. The molecule has 1 heterocycles. The normalized spacial score (nSPS) is 12.1. The van der Waals surface area contributed by atoms with E-state index in [1.165, 1.54) is 25.3 Å². The van der Waals surface area contributed by atoms with E-state index in [4.69, 9.17) is 9.47 Å². The Morgan fingerprint density at radius 1 is 1.04 bits per heavy atom. The van der Waals surface area contributed by atoms with Gasteiger partial charge in [-0.15, -0.1) is 0 Å². The van der Waals surface area contributed by atoms with Crippen LogP contribution in [0.5, 0.6) is 5.75 Å². The number of benzene rings is 1. The van der Waals surface area contributed by atoms with Crippen molar-refractivity contribution in [3.8, 4) is 5.75 Å². The Bertz CT molecular complexity index is 562. The van der Waals surface area contributed by atoms with Crippen molar-refractivity contribution in [3.63, 3.8) is 0 Å². The van der Waals surface area contributed by atoms with Crippen LogP contribution in [-0.2, 0) is 4.74 Å². The van der Waals surface area contributed by atoms with Gasteiger partial charge >= 0.3 is 0 Å². The molecule has 0 saturated carbocycles. The molecular formula is C19H24FNO2. The highest BCUT2D eigenvalue weighted by atomic mass is 19.1. The number of rotatable bonds is 10. The number of nitrogens with zero attached hydrogens (tertiary/aromatic N) is 1. The van der Waals surface area contributed by atoms with Crippen molar-refractivity contribution in [3.05, 3.63) is 60.2 Å². The lowest BCUT2D eigenvalue weighted by atomic mass is 10.2. The van der Waals surface area contributed by atoms with E-state index in [1.807, 2.05) is 18.2 Å². The molecule has 0 amide bonds. The molecule has 1 aromatic carbocycles. The van der Waals surface area contributed by atoms with Crippen LogP contribution in [0.1, 0.15) is 44.4 Å². The molecule has 1 atom stereocenters. The third-order valence-electron chi connectivity index (χ3n) is 3.53. The van der Waals surface area contributed by atoms with Gasteiger partial charge < -0.3 is 9.47 Å². The van der Waals surface area contributed by atoms with Crippen LogP contribution in [0.3, 0.4) is 0 Å². The summed E-state index contributed by atoms with van der Waals surface area (Å²) in [7, 11) is 0. The minimum absolute atomic E-state index is 0.220. The van der Waals surface area contributed by atoms with E-state index in [-0.39, 0.29) is 11.6 Å². The van der Waals surface area contributed by atoms with Crippen molar-refractivity contribution in [2.24, 2.45) is 0 Å². The van der Waals surface area contributed by atoms with Crippen molar-refractivity contribution in [1.82, 2.24) is 4.98 Å². The van der Waals surface area contributed by atoms with E-state index in [0.29, 0.717) is 13.2 Å². The van der Waals surface area contributed by atoms with E-state index in [2.05, 4.69) is 11.9 Å². The summed E-state index contributed by atoms with van der Waals surface area (Å²) in [5, 5.41) is 0. The van der Waals surface area contributed by atoms with Gasteiger partial charge in [-0.1, -0.05) is 44.4 Å². The first-order valence-electron chi connectivity index (χ1n) is 8.21. The molecule has 124 valence electrons. The lowest BCUT2D eigenvalue weighted by Gasteiger charge is -2.19. The highest BCUT2D eigenvalue weighted by Crippen LogP contribution is 2.23. The van der Waals surface area contributed by atoms with Gasteiger partial charge in [-0.2, -0.15) is 0 Å². The van der Waals surface area contributed by atoms with Gasteiger partial charge in [0.2, 0.25) is 0 Å². The highest BCUT2D eigenvalue weighted by molar-refractivity contribution is 5.24. The van der Waals surface area contributed by atoms with Gasteiger partial charge in [-0.25, -0.2) is 4.39 Å². The molecule has 4 heteroatoms. The zero-order valence-electron chi connectivity index (χ0n) is 13.6. The van der Waals surface area contributed by atoms with Crippen molar-refractivity contribution >= 4 is 0 Å². The van der Waals surface area contributed by atoms with Gasteiger partial charge in [0.15, 0.2) is 17.7 Å². The second-order valence-electron chi connectivity index (χ2n) is 5.43. The van der Waals surface area contributed by atoms with Crippen LogP contribution in [0.2, 0.25) is 0 Å². The van der Waals surface area contributed by atoms with Crippen LogP contribution < -0.4 is 4.74 Å². The summed E-state index contributed by atoms with van der Waals surface area (Å²) in [5.41, 5.74) is 0.740. The van der Waals surface area contributed by atoms with Crippen molar-refractivity contribution in [2.45, 2.75) is 38.7 Å². The van der Waals surface area contributed by atoms with E-state index < -0.39 is 6.10 Å². The van der Waals surface area contributed by atoms with E-state index >= 15 is 0 Å². The Hall–Kier alpha value is -1.94. The van der Waals surface area contributed by atoms with Crippen LogP contribution in [0.25, 0.3) is 0 Å². The van der Waals surface area contributed by atoms with E-state index in [0.717, 1.165) is 12.1 Å². The molecule has 0 fully saturated rings. The van der Waals surface area contributed by atoms with Gasteiger partial charge in [0.05, 0.1) is 12.3 Å². The minimum Gasteiger partial charge on any atom is -0.479 e. The van der Waals surface area contributed by atoms with Crippen molar-refractivity contribution in [2.75, 3.05) is 13.2 Å². The Kier molecular flexibility index (Phi) is 7.54. The second-order valence-corrected chi connectivity index (χ2v) is 5.43. The molecule has 1 unspecified atom stereocenters. The first kappa shape index (κ1) is 17.4. The Morgan fingerprint density at radius 3 is 2.61 bits per heavy atom. The topological polar surface area (TPSA) is 31.4 Å². The zero-order valence-corrected chi connectivity index (χ0v) is 13.6. The molecule has 0 bridgehead atoms. The molecule has 0 aliphatic carbocycles. The van der Waals surface area contributed by atoms with Gasteiger partial charge in [0.25, 0.3) is 0 Å². The molecule has 2 rings (SSSR count). The molecule has 0 N–H and O–H groups in total. The fourth-order valence-electron chi connectivity index (χ4n) is 2.26. The summed E-state index contributed by atoms with van der Waals surface area (Å²) in [6.07, 6.45) is 5.90. The zero-order chi connectivity index (χ0) is 16.3. The maximum Gasteiger partial charge on any atom is 0.165 e. The highest BCUT2D eigenvalue weighted by Gasteiger charge is 2.17. The largest absolute Gasteiger partial charge is 0.479 e. The molecule has 3 nitrogen and oxygen atoms in total. The maximum absolute atomic E-state index is 13.8. The van der Waals surface area contributed by atoms with Gasteiger partial charge in [-0.3, -0.25) is 4.98 Å². The number of para-hydroxylation sites is 1. The summed E-state index contributed by atoms with van der Waals surface area (Å²) in [5.74, 6) is -0.158. The standard InChI is InChI=1S/C19H24FNO2/c1-2-3-4-9-14-22-15-19(17-11-7-8-13-21-17)23-18-12-6-5-10-16(18)20/h5-8,10-13,19H,2-4,9,14-15H2,1H3. The Balaban J connectivity index is 1.94. The summed E-state index contributed by atoms with van der Waals surface area (Å²) < 4.78 is 25.3. The molecule has 0 aliphatic rings. The average Bonchev–Trinajstić information content (AvgIpc) is 2.59. The van der Waals surface area contributed by atoms with Crippen LogP contribution in [0, 0.1) is 5.82 Å². The second kappa shape index (κ2) is 9.95. The minimum atomic E-state index is -0.417. The summed E-state index contributed by atoms with van der Waals surface area (Å²) in [6.45, 7) is 3.22. The third-order valence-corrected chi connectivity index (χ3v) is 3.53. The predicted molar refractivity (Wildman–Crippen MR) is 89.0 cm³/mol. The lowest BCUT2D eigenvalue weighted by Crippen LogP contribution is -2.17. The lowest BCUT2D eigenvalue weighted by molar-refractivity contribution is 0.0438. The maximum atomic E-state index is 13.8. The van der Waals surface area contributed by atoms with Crippen molar-refractivity contribution < 1.29 is 13.9 Å². The molecule has 0 radical (unpaired) electrons. The van der Waals surface area contributed by atoms with Crippen LogP contribution in [0.4, 0.5) is 4.39 Å². The molecule has 0 saturated heterocycles. The van der Waals surface area contributed by atoms with E-state index in [9.17, 15) is 4.39 Å².